The predicted octanol–water partition coefficient (Wildman–Crippen LogP) is 1.14. The number of thiocarbonyl (C=S) groups is 1. The van der Waals surface area contributed by atoms with Gasteiger partial charge in [-0.25, -0.2) is 4.98 Å². The van der Waals surface area contributed by atoms with Crippen molar-refractivity contribution in [3.8, 4) is 5.88 Å². The second-order valence-electron chi connectivity index (χ2n) is 3.88. The van der Waals surface area contributed by atoms with E-state index in [9.17, 15) is 0 Å². The fraction of sp³-hybridized carbons (Fsp3) is 0.583. The van der Waals surface area contributed by atoms with Crippen molar-refractivity contribution in [2.45, 2.75) is 20.8 Å². The van der Waals surface area contributed by atoms with Crippen molar-refractivity contribution in [3.05, 3.63) is 17.6 Å². The second kappa shape index (κ2) is 7.23. The summed E-state index contributed by atoms with van der Waals surface area (Å²) >= 11 is 4.95. The van der Waals surface area contributed by atoms with Gasteiger partial charge in [0.05, 0.1) is 5.56 Å². The Bertz CT molecular complexity index is 407. The Balaban J connectivity index is 2.66. The number of hydrogen-bond acceptors (Lipinski definition) is 5. The number of aromatic nitrogens is 2. The fourth-order valence-corrected chi connectivity index (χ4v) is 1.68. The van der Waals surface area contributed by atoms with E-state index < -0.39 is 0 Å². The lowest BCUT2D eigenvalue weighted by Gasteiger charge is -2.18. The summed E-state index contributed by atoms with van der Waals surface area (Å²) in [6.07, 6.45) is 1.61. The van der Waals surface area contributed by atoms with Crippen molar-refractivity contribution in [3.63, 3.8) is 0 Å². The predicted molar refractivity (Wildman–Crippen MR) is 75.9 cm³/mol. The van der Waals surface area contributed by atoms with Gasteiger partial charge in [-0.05, 0) is 20.0 Å². The van der Waals surface area contributed by atoms with Gasteiger partial charge < -0.3 is 15.4 Å². The summed E-state index contributed by atoms with van der Waals surface area (Å²) in [5.74, 6) is 1.12. The molecule has 0 spiro atoms. The SMILES string of the molecule is CCN(CC)CCOc1nc(C)ncc1C(N)=S. The lowest BCUT2D eigenvalue weighted by atomic mass is 10.3. The van der Waals surface area contributed by atoms with Crippen LogP contribution in [0, 0.1) is 6.92 Å². The molecule has 1 aromatic heterocycles. The smallest absolute Gasteiger partial charge is 0.227 e. The number of nitrogens with zero attached hydrogens (tertiary/aromatic N) is 3. The summed E-state index contributed by atoms with van der Waals surface area (Å²) < 4.78 is 5.65. The van der Waals surface area contributed by atoms with Gasteiger partial charge in [-0.3, -0.25) is 0 Å². The molecule has 0 saturated carbocycles. The average molecular weight is 268 g/mol. The minimum absolute atomic E-state index is 0.257. The molecule has 0 aliphatic heterocycles. The topological polar surface area (TPSA) is 64.3 Å². The van der Waals surface area contributed by atoms with Crippen molar-refractivity contribution in [1.29, 1.82) is 0 Å². The summed E-state index contributed by atoms with van der Waals surface area (Å²) in [4.78, 5) is 10.8. The highest BCUT2D eigenvalue weighted by atomic mass is 32.1. The van der Waals surface area contributed by atoms with Gasteiger partial charge in [0.15, 0.2) is 0 Å². The molecule has 18 heavy (non-hydrogen) atoms. The molecular weight excluding hydrogens is 248 g/mol. The van der Waals surface area contributed by atoms with Crippen molar-refractivity contribution < 1.29 is 4.74 Å². The highest BCUT2D eigenvalue weighted by Crippen LogP contribution is 2.14. The lowest BCUT2D eigenvalue weighted by Crippen LogP contribution is -2.28. The highest BCUT2D eigenvalue weighted by molar-refractivity contribution is 7.80. The number of likely N-dealkylation sites (N-methyl/N-ethyl adjacent to an activating group) is 1. The molecule has 2 N–H and O–H groups in total. The van der Waals surface area contributed by atoms with E-state index in [2.05, 4.69) is 28.7 Å². The number of ether oxygens (including phenoxy) is 1. The molecule has 1 aromatic rings. The van der Waals surface area contributed by atoms with Crippen LogP contribution < -0.4 is 10.5 Å². The monoisotopic (exact) mass is 268 g/mol. The minimum Gasteiger partial charge on any atom is -0.476 e. The molecule has 0 atom stereocenters. The first-order valence-corrected chi connectivity index (χ1v) is 6.47. The van der Waals surface area contributed by atoms with Crippen molar-refractivity contribution in [2.24, 2.45) is 5.73 Å². The van der Waals surface area contributed by atoms with Crippen LogP contribution in [-0.4, -0.2) is 46.1 Å². The van der Waals surface area contributed by atoms with Crippen LogP contribution in [0.1, 0.15) is 25.2 Å². The van der Waals surface area contributed by atoms with Crippen molar-refractivity contribution in [2.75, 3.05) is 26.2 Å². The third-order valence-electron chi connectivity index (χ3n) is 2.68. The van der Waals surface area contributed by atoms with Gasteiger partial charge in [0.25, 0.3) is 0 Å². The number of nitrogens with two attached hydrogens (primary N) is 1. The third-order valence-corrected chi connectivity index (χ3v) is 2.90. The molecular formula is C12H20N4OS. The van der Waals surface area contributed by atoms with Gasteiger partial charge in [-0.1, -0.05) is 26.1 Å². The van der Waals surface area contributed by atoms with Gasteiger partial charge in [0.2, 0.25) is 5.88 Å². The maximum absolute atomic E-state index is 5.65. The number of aryl methyl sites for hydroxylation is 1. The van der Waals surface area contributed by atoms with E-state index in [1.807, 2.05) is 0 Å². The number of hydrogen-bond donors (Lipinski definition) is 1. The molecule has 6 heteroatoms. The maximum atomic E-state index is 5.65. The van der Waals surface area contributed by atoms with Crippen LogP contribution in [0.2, 0.25) is 0 Å². The van der Waals surface area contributed by atoms with E-state index in [1.54, 1.807) is 13.1 Å². The van der Waals surface area contributed by atoms with Gasteiger partial charge in [-0.2, -0.15) is 4.98 Å². The molecule has 1 heterocycles. The Morgan fingerprint density at radius 3 is 2.67 bits per heavy atom. The Labute approximate surface area is 113 Å². The summed E-state index contributed by atoms with van der Waals surface area (Å²) in [5, 5.41) is 0. The van der Waals surface area contributed by atoms with Gasteiger partial charge in [0.1, 0.15) is 17.4 Å². The minimum atomic E-state index is 0.257. The van der Waals surface area contributed by atoms with Crippen LogP contribution in [0.3, 0.4) is 0 Å². The van der Waals surface area contributed by atoms with Gasteiger partial charge in [-0.15, -0.1) is 0 Å². The molecule has 0 aliphatic rings. The molecule has 0 fully saturated rings. The molecule has 100 valence electrons. The van der Waals surface area contributed by atoms with Crippen LogP contribution in [0.25, 0.3) is 0 Å². The molecule has 5 nitrogen and oxygen atoms in total. The Hall–Kier alpha value is -1.27. The molecule has 0 unspecified atom stereocenters. The van der Waals surface area contributed by atoms with E-state index in [4.69, 9.17) is 22.7 Å². The second-order valence-corrected chi connectivity index (χ2v) is 4.32. The van der Waals surface area contributed by atoms with E-state index >= 15 is 0 Å². The fourth-order valence-electron chi connectivity index (χ4n) is 1.54. The Kier molecular flexibility index (Phi) is 5.94. The lowest BCUT2D eigenvalue weighted by molar-refractivity contribution is 0.217. The first-order valence-electron chi connectivity index (χ1n) is 6.07. The quantitative estimate of drug-likeness (QED) is 0.748. The van der Waals surface area contributed by atoms with E-state index in [-0.39, 0.29) is 4.99 Å². The van der Waals surface area contributed by atoms with Crippen LogP contribution >= 0.6 is 12.2 Å². The van der Waals surface area contributed by atoms with Crippen LogP contribution in [0.5, 0.6) is 5.88 Å². The Morgan fingerprint density at radius 2 is 2.11 bits per heavy atom. The summed E-state index contributed by atoms with van der Waals surface area (Å²) in [6.45, 7) is 9.48. The molecule has 0 aromatic carbocycles. The number of rotatable bonds is 7. The van der Waals surface area contributed by atoms with Crippen LogP contribution in [-0.2, 0) is 0 Å². The van der Waals surface area contributed by atoms with Gasteiger partial charge in [0, 0.05) is 12.7 Å². The molecule has 0 radical (unpaired) electrons. The highest BCUT2D eigenvalue weighted by Gasteiger charge is 2.10. The average Bonchev–Trinajstić information content (AvgIpc) is 2.34. The third kappa shape index (κ3) is 4.19. The van der Waals surface area contributed by atoms with E-state index in [1.165, 1.54) is 0 Å². The van der Waals surface area contributed by atoms with E-state index in [0.29, 0.717) is 23.9 Å². The zero-order valence-electron chi connectivity index (χ0n) is 11.1. The van der Waals surface area contributed by atoms with Gasteiger partial charge >= 0.3 is 0 Å². The first-order chi connectivity index (χ1) is 8.58. The molecule has 0 saturated heterocycles. The molecule has 0 amide bonds. The summed E-state index contributed by atoms with van der Waals surface area (Å²) in [6, 6.07) is 0. The van der Waals surface area contributed by atoms with Crippen molar-refractivity contribution >= 4 is 17.2 Å². The van der Waals surface area contributed by atoms with E-state index in [0.717, 1.165) is 19.6 Å². The van der Waals surface area contributed by atoms with Crippen molar-refractivity contribution in [1.82, 2.24) is 14.9 Å². The van der Waals surface area contributed by atoms with Crippen LogP contribution in [0.15, 0.2) is 6.20 Å². The van der Waals surface area contributed by atoms with Crippen LogP contribution in [0.4, 0.5) is 0 Å². The normalized spacial score (nSPS) is 10.7. The summed E-state index contributed by atoms with van der Waals surface area (Å²) in [7, 11) is 0. The molecule has 0 aliphatic carbocycles. The standard InChI is InChI=1S/C12H20N4OS/c1-4-16(5-2)6-7-17-12-10(11(13)18)8-14-9(3)15-12/h8H,4-7H2,1-3H3,(H2,13,18). The molecule has 1 rings (SSSR count). The zero-order chi connectivity index (χ0) is 13.5. The largest absolute Gasteiger partial charge is 0.476 e. The summed E-state index contributed by atoms with van der Waals surface area (Å²) in [5.41, 5.74) is 6.20. The Morgan fingerprint density at radius 1 is 1.44 bits per heavy atom. The zero-order valence-corrected chi connectivity index (χ0v) is 12.0. The maximum Gasteiger partial charge on any atom is 0.227 e. The molecule has 0 bridgehead atoms. The first kappa shape index (κ1) is 14.8.